The van der Waals surface area contributed by atoms with Crippen molar-refractivity contribution in [3.8, 4) is 6.07 Å². The summed E-state index contributed by atoms with van der Waals surface area (Å²) in [6, 6.07) is 10.4. The second-order valence-electron chi connectivity index (χ2n) is 4.53. The number of rotatable bonds is 3. The van der Waals surface area contributed by atoms with Crippen molar-refractivity contribution in [2.45, 2.75) is 12.3 Å². The van der Waals surface area contributed by atoms with E-state index in [1.807, 2.05) is 0 Å². The molecule has 8 heteroatoms. The normalized spacial score (nSPS) is 12.6. The van der Waals surface area contributed by atoms with Gasteiger partial charge in [-0.1, -0.05) is 58.5 Å². The predicted octanol–water partition coefficient (Wildman–Crippen LogP) is 6.49. The topological polar surface area (TPSA) is 49.8 Å². The number of nitriles is 1. The van der Waals surface area contributed by atoms with E-state index in [-0.39, 0.29) is 17.1 Å². The molecule has 0 aliphatic carbocycles. The smallest absolute Gasteiger partial charge is 0.212 e. The first-order valence-corrected chi connectivity index (χ1v) is 8.09. The van der Waals surface area contributed by atoms with Gasteiger partial charge in [0.05, 0.1) is 0 Å². The summed E-state index contributed by atoms with van der Waals surface area (Å²) in [5.41, 5.74) is 5.69. The van der Waals surface area contributed by atoms with Crippen LogP contribution in [0.1, 0.15) is 23.5 Å². The van der Waals surface area contributed by atoms with Crippen molar-refractivity contribution in [2.24, 2.45) is 5.73 Å². The predicted molar refractivity (Wildman–Crippen MR) is 95.3 cm³/mol. The Balaban J connectivity index is 0.000000240. The van der Waals surface area contributed by atoms with Crippen LogP contribution in [0, 0.1) is 11.3 Å². The lowest BCUT2D eigenvalue weighted by atomic mass is 10.1. The molecule has 0 aromatic heterocycles. The van der Waals surface area contributed by atoms with Crippen LogP contribution in [0.4, 0.5) is 8.78 Å². The summed E-state index contributed by atoms with van der Waals surface area (Å²) >= 11 is 22.6. The Kier molecular flexibility index (Phi) is 8.75. The minimum Gasteiger partial charge on any atom is -0.327 e. The fourth-order valence-corrected chi connectivity index (χ4v) is 2.69. The van der Waals surface area contributed by atoms with E-state index < -0.39 is 12.3 Å². The molecule has 0 heterocycles. The first-order valence-electron chi connectivity index (χ1n) is 6.57. The number of halogens is 6. The van der Waals surface area contributed by atoms with E-state index in [4.69, 9.17) is 57.4 Å². The third-order valence-corrected chi connectivity index (χ3v) is 3.98. The Labute approximate surface area is 158 Å². The Hall–Kier alpha value is -1.09. The van der Waals surface area contributed by atoms with Crippen molar-refractivity contribution in [2.75, 3.05) is 6.54 Å². The lowest BCUT2D eigenvalue weighted by Gasteiger charge is -2.07. The SMILES string of the molecule is N#CC(F)c1ccc(Cl)cc1Cl.NCC(F)c1ccc(Cl)cc1Cl. The molecule has 2 rings (SSSR count). The second-order valence-corrected chi connectivity index (χ2v) is 6.21. The van der Waals surface area contributed by atoms with Gasteiger partial charge in [-0.05, 0) is 24.3 Å². The summed E-state index contributed by atoms with van der Waals surface area (Å²) in [5.74, 6) is 0. The summed E-state index contributed by atoms with van der Waals surface area (Å²) in [4.78, 5) is 0. The molecule has 2 N–H and O–H groups in total. The van der Waals surface area contributed by atoms with Gasteiger partial charge < -0.3 is 5.73 Å². The zero-order valence-electron chi connectivity index (χ0n) is 12.1. The fourth-order valence-electron chi connectivity index (χ4n) is 1.66. The molecule has 0 amide bonds. The number of hydrogen-bond acceptors (Lipinski definition) is 2. The highest BCUT2D eigenvalue weighted by molar-refractivity contribution is 6.35. The van der Waals surface area contributed by atoms with Crippen LogP contribution in [0.15, 0.2) is 36.4 Å². The van der Waals surface area contributed by atoms with Crippen molar-refractivity contribution in [3.05, 3.63) is 67.6 Å². The van der Waals surface area contributed by atoms with Gasteiger partial charge >= 0.3 is 0 Å². The van der Waals surface area contributed by atoms with Gasteiger partial charge in [-0.2, -0.15) is 5.26 Å². The minimum atomic E-state index is -1.69. The molecule has 2 aromatic rings. The maximum Gasteiger partial charge on any atom is 0.212 e. The number of benzene rings is 2. The Bertz CT molecular complexity index is 735. The molecular weight excluding hydrogens is 400 g/mol. The molecule has 0 spiro atoms. The fraction of sp³-hybridized carbons (Fsp3) is 0.188. The van der Waals surface area contributed by atoms with E-state index in [0.29, 0.717) is 20.6 Å². The van der Waals surface area contributed by atoms with E-state index in [1.165, 1.54) is 30.3 Å². The molecule has 0 saturated carbocycles. The zero-order chi connectivity index (χ0) is 18.3. The summed E-state index contributed by atoms with van der Waals surface area (Å²) < 4.78 is 25.8. The zero-order valence-corrected chi connectivity index (χ0v) is 15.1. The average Bonchev–Trinajstić information content (AvgIpc) is 2.54. The van der Waals surface area contributed by atoms with Gasteiger partial charge in [-0.15, -0.1) is 0 Å². The van der Waals surface area contributed by atoms with E-state index in [9.17, 15) is 8.78 Å². The van der Waals surface area contributed by atoms with Gasteiger partial charge in [0, 0.05) is 37.8 Å². The molecule has 0 saturated heterocycles. The highest BCUT2D eigenvalue weighted by atomic mass is 35.5. The molecule has 0 bridgehead atoms. The van der Waals surface area contributed by atoms with Crippen LogP contribution >= 0.6 is 46.4 Å². The molecule has 128 valence electrons. The van der Waals surface area contributed by atoms with E-state index in [1.54, 1.807) is 12.1 Å². The lowest BCUT2D eigenvalue weighted by Crippen LogP contribution is -2.07. The molecule has 0 radical (unpaired) electrons. The van der Waals surface area contributed by atoms with Crippen LogP contribution in [-0.2, 0) is 0 Å². The van der Waals surface area contributed by atoms with E-state index in [2.05, 4.69) is 0 Å². The van der Waals surface area contributed by atoms with E-state index in [0.717, 1.165) is 0 Å². The Morgan fingerprint density at radius 2 is 1.38 bits per heavy atom. The average molecular weight is 412 g/mol. The minimum absolute atomic E-state index is 0.0681. The Morgan fingerprint density at radius 1 is 0.917 bits per heavy atom. The molecule has 0 aliphatic rings. The Morgan fingerprint density at radius 3 is 1.75 bits per heavy atom. The highest BCUT2D eigenvalue weighted by Gasteiger charge is 2.12. The molecule has 2 aromatic carbocycles. The van der Waals surface area contributed by atoms with Gasteiger partial charge in [-0.25, -0.2) is 8.78 Å². The van der Waals surface area contributed by atoms with Gasteiger partial charge in [0.25, 0.3) is 0 Å². The van der Waals surface area contributed by atoms with Crippen molar-refractivity contribution in [3.63, 3.8) is 0 Å². The third-order valence-electron chi connectivity index (χ3n) is 2.86. The molecule has 24 heavy (non-hydrogen) atoms. The molecule has 0 fully saturated rings. The number of hydrogen-bond donors (Lipinski definition) is 1. The van der Waals surface area contributed by atoms with Crippen LogP contribution in [0.5, 0.6) is 0 Å². The van der Waals surface area contributed by atoms with Gasteiger partial charge in [0.15, 0.2) is 0 Å². The monoisotopic (exact) mass is 410 g/mol. The number of nitrogens with two attached hydrogens (primary N) is 1. The van der Waals surface area contributed by atoms with E-state index >= 15 is 0 Å². The molecule has 0 aliphatic heterocycles. The highest BCUT2D eigenvalue weighted by Crippen LogP contribution is 2.28. The van der Waals surface area contributed by atoms with Crippen LogP contribution in [0.25, 0.3) is 0 Å². The van der Waals surface area contributed by atoms with Crippen LogP contribution in [-0.4, -0.2) is 6.54 Å². The van der Waals surface area contributed by atoms with Crippen molar-refractivity contribution in [1.82, 2.24) is 0 Å². The number of nitrogens with zero attached hydrogens (tertiary/aromatic N) is 1. The summed E-state index contributed by atoms with van der Waals surface area (Å²) in [5, 5.41) is 9.68. The van der Waals surface area contributed by atoms with Crippen LogP contribution in [0.2, 0.25) is 20.1 Å². The maximum absolute atomic E-state index is 13.0. The van der Waals surface area contributed by atoms with Crippen LogP contribution in [0.3, 0.4) is 0 Å². The van der Waals surface area contributed by atoms with Gasteiger partial charge in [0.2, 0.25) is 6.17 Å². The summed E-state index contributed by atoms with van der Waals surface area (Å²) in [7, 11) is 0. The molecule has 2 unspecified atom stereocenters. The quantitative estimate of drug-likeness (QED) is 0.627. The van der Waals surface area contributed by atoms with Gasteiger partial charge in [-0.3, -0.25) is 0 Å². The maximum atomic E-state index is 13.0. The summed E-state index contributed by atoms with van der Waals surface area (Å²) in [6.07, 6.45) is -2.90. The lowest BCUT2D eigenvalue weighted by molar-refractivity contribution is 0.353. The standard InChI is InChI=1S/C8H8Cl2FN.C8H4Cl2FN/c2*9-5-1-2-6(7(10)3-5)8(11)4-12/h1-3,8H,4,12H2;1-3,8H. The first-order chi connectivity index (χ1) is 11.3. The molecule has 2 atom stereocenters. The molecular formula is C16H12Cl4F2N2. The number of alkyl halides is 2. The van der Waals surface area contributed by atoms with Crippen molar-refractivity contribution in [1.29, 1.82) is 5.26 Å². The van der Waals surface area contributed by atoms with Crippen molar-refractivity contribution >= 4 is 46.4 Å². The summed E-state index contributed by atoms with van der Waals surface area (Å²) in [6.45, 7) is -0.0681. The largest absolute Gasteiger partial charge is 0.327 e. The van der Waals surface area contributed by atoms with Crippen LogP contribution < -0.4 is 5.73 Å². The second kappa shape index (κ2) is 10.0. The third kappa shape index (κ3) is 6.08. The van der Waals surface area contributed by atoms with Crippen molar-refractivity contribution < 1.29 is 8.78 Å². The molecule has 2 nitrogen and oxygen atoms in total. The first kappa shape index (κ1) is 21.0. The van der Waals surface area contributed by atoms with Gasteiger partial charge in [0.1, 0.15) is 12.2 Å².